The van der Waals surface area contributed by atoms with Gasteiger partial charge in [0.25, 0.3) is 0 Å². The summed E-state index contributed by atoms with van der Waals surface area (Å²) >= 11 is 0. The van der Waals surface area contributed by atoms with E-state index in [1.165, 1.54) is 0 Å². The first-order valence-electron chi connectivity index (χ1n) is 9.77. The molecule has 0 aliphatic rings. The molecule has 0 amide bonds. The monoisotopic (exact) mass is 411 g/mol. The van der Waals surface area contributed by atoms with Gasteiger partial charge in [-0.1, -0.05) is 6.07 Å². The van der Waals surface area contributed by atoms with Gasteiger partial charge in [-0.3, -0.25) is 0 Å². The van der Waals surface area contributed by atoms with Crippen molar-refractivity contribution in [1.82, 2.24) is 15.3 Å². The Labute approximate surface area is 176 Å². The van der Waals surface area contributed by atoms with Crippen molar-refractivity contribution < 1.29 is 14.6 Å². The zero-order valence-electron chi connectivity index (χ0n) is 18.1. The molecular formula is C22H29N5O3. The molecule has 0 atom stereocenters. The predicted molar refractivity (Wildman–Crippen MR) is 120 cm³/mol. The van der Waals surface area contributed by atoms with E-state index in [0.29, 0.717) is 42.7 Å². The molecule has 1 aromatic heterocycles. The molecule has 0 unspecified atom stereocenters. The Hall–Kier alpha value is -3.26. The number of ether oxygens (including phenoxy) is 2. The number of methoxy groups -OCH3 is 2. The zero-order valence-corrected chi connectivity index (χ0v) is 18.1. The van der Waals surface area contributed by atoms with Crippen molar-refractivity contribution in [2.24, 2.45) is 0 Å². The summed E-state index contributed by atoms with van der Waals surface area (Å²) in [5.74, 6) is 2.98. The van der Waals surface area contributed by atoms with Gasteiger partial charge in [0, 0.05) is 56.4 Å². The van der Waals surface area contributed by atoms with Crippen LogP contribution >= 0.6 is 0 Å². The molecular weight excluding hydrogens is 382 g/mol. The molecule has 3 aromatic rings. The van der Waals surface area contributed by atoms with Crippen molar-refractivity contribution in [3.63, 3.8) is 0 Å². The number of rotatable bonds is 9. The molecule has 160 valence electrons. The third-order valence-electron chi connectivity index (χ3n) is 4.82. The first kappa shape index (κ1) is 21.4. The van der Waals surface area contributed by atoms with Crippen LogP contribution < -0.4 is 25.0 Å². The fraction of sp³-hybridized carbons (Fsp3) is 0.364. The van der Waals surface area contributed by atoms with Crippen LogP contribution in [-0.4, -0.2) is 56.5 Å². The molecule has 3 N–H and O–H groups in total. The highest BCUT2D eigenvalue weighted by atomic mass is 16.5. The molecule has 0 aliphatic heterocycles. The average Bonchev–Trinajstić information content (AvgIpc) is 2.73. The number of benzene rings is 2. The fourth-order valence-corrected chi connectivity index (χ4v) is 3.35. The van der Waals surface area contributed by atoms with Gasteiger partial charge in [-0.25, -0.2) is 9.97 Å². The van der Waals surface area contributed by atoms with Crippen LogP contribution in [-0.2, 0) is 6.54 Å². The average molecular weight is 412 g/mol. The van der Waals surface area contributed by atoms with Crippen molar-refractivity contribution in [1.29, 1.82) is 0 Å². The van der Waals surface area contributed by atoms with E-state index < -0.39 is 0 Å². The van der Waals surface area contributed by atoms with E-state index in [-0.39, 0.29) is 0 Å². The van der Waals surface area contributed by atoms with E-state index in [9.17, 15) is 5.11 Å². The minimum absolute atomic E-state index is 0.292. The number of aromatic nitrogens is 2. The summed E-state index contributed by atoms with van der Waals surface area (Å²) in [6, 6.07) is 9.29. The Bertz CT molecular complexity index is 1020. The third-order valence-corrected chi connectivity index (χ3v) is 4.82. The highest BCUT2D eigenvalue weighted by molar-refractivity contribution is 5.91. The van der Waals surface area contributed by atoms with Crippen LogP contribution in [0.1, 0.15) is 11.4 Å². The summed E-state index contributed by atoms with van der Waals surface area (Å²) in [6.45, 7) is 3.78. The molecule has 1 heterocycles. The second-order valence-electron chi connectivity index (χ2n) is 7.12. The Morgan fingerprint density at radius 3 is 2.47 bits per heavy atom. The number of nitrogens with zero attached hydrogens (tertiary/aromatic N) is 3. The normalized spacial score (nSPS) is 10.8. The number of fused-ring (bicyclic) bond motifs is 1. The first-order chi connectivity index (χ1) is 14.4. The third kappa shape index (κ3) is 4.65. The molecule has 3 rings (SSSR count). The van der Waals surface area contributed by atoms with Gasteiger partial charge in [0.05, 0.1) is 19.7 Å². The summed E-state index contributed by atoms with van der Waals surface area (Å²) in [5, 5.41) is 17.8. The number of anilines is 2. The maximum atomic E-state index is 10.2. The second-order valence-corrected chi connectivity index (χ2v) is 7.12. The quantitative estimate of drug-likeness (QED) is 0.463. The number of aryl methyl sites for hydroxylation is 1. The maximum absolute atomic E-state index is 10.2. The number of nitrogens with one attached hydrogen (secondary N) is 2. The lowest BCUT2D eigenvalue weighted by Gasteiger charge is -2.19. The number of hydrogen-bond acceptors (Lipinski definition) is 8. The smallest absolute Gasteiger partial charge is 0.162 e. The highest BCUT2D eigenvalue weighted by Crippen LogP contribution is 2.34. The van der Waals surface area contributed by atoms with Crippen LogP contribution in [0.15, 0.2) is 30.3 Å². The van der Waals surface area contributed by atoms with E-state index in [4.69, 9.17) is 9.47 Å². The lowest BCUT2D eigenvalue weighted by molar-refractivity contribution is 0.356. The molecule has 0 saturated heterocycles. The van der Waals surface area contributed by atoms with E-state index in [1.54, 1.807) is 20.3 Å². The highest BCUT2D eigenvalue weighted by Gasteiger charge is 2.12. The lowest BCUT2D eigenvalue weighted by Crippen LogP contribution is -2.23. The van der Waals surface area contributed by atoms with Gasteiger partial charge < -0.3 is 30.1 Å². The van der Waals surface area contributed by atoms with Crippen LogP contribution in [0.5, 0.6) is 17.2 Å². The van der Waals surface area contributed by atoms with Crippen LogP contribution in [0, 0.1) is 6.92 Å². The minimum atomic E-state index is 0.292. The van der Waals surface area contributed by atoms with Gasteiger partial charge in [-0.05, 0) is 25.1 Å². The minimum Gasteiger partial charge on any atom is -0.508 e. The topological polar surface area (TPSA) is 91.8 Å². The summed E-state index contributed by atoms with van der Waals surface area (Å²) in [6.07, 6.45) is 0. The standard InChI is InChI=1S/C22H29N5O3/c1-14-25-17-12-21(30-5)20(29-4)11-15(17)22(26-14)24-10-9-23-13-16-18(27(2)3)7-6-8-19(16)28/h6-8,11-12,23,28H,9-10,13H2,1-5H3,(H,24,25,26). The Morgan fingerprint density at radius 1 is 1.03 bits per heavy atom. The Balaban J connectivity index is 1.68. The van der Waals surface area contributed by atoms with Crippen LogP contribution in [0.4, 0.5) is 11.5 Å². The van der Waals surface area contributed by atoms with Crippen molar-refractivity contribution >= 4 is 22.4 Å². The van der Waals surface area contributed by atoms with E-state index in [1.807, 2.05) is 50.2 Å². The van der Waals surface area contributed by atoms with Crippen LogP contribution in [0.25, 0.3) is 10.9 Å². The molecule has 0 aliphatic carbocycles. The first-order valence-corrected chi connectivity index (χ1v) is 9.77. The lowest BCUT2D eigenvalue weighted by atomic mass is 10.1. The number of hydrogen-bond donors (Lipinski definition) is 3. The molecule has 0 saturated carbocycles. The molecule has 0 bridgehead atoms. The molecule has 2 aromatic carbocycles. The van der Waals surface area contributed by atoms with Gasteiger partial charge >= 0.3 is 0 Å². The van der Waals surface area contributed by atoms with Crippen molar-refractivity contribution in [3.8, 4) is 17.2 Å². The fourth-order valence-electron chi connectivity index (χ4n) is 3.35. The summed E-state index contributed by atoms with van der Waals surface area (Å²) < 4.78 is 10.8. The molecule has 8 nitrogen and oxygen atoms in total. The van der Waals surface area contributed by atoms with Gasteiger partial charge in [-0.2, -0.15) is 0 Å². The summed E-state index contributed by atoms with van der Waals surface area (Å²) in [4.78, 5) is 11.0. The zero-order chi connectivity index (χ0) is 21.7. The van der Waals surface area contributed by atoms with E-state index in [2.05, 4.69) is 20.6 Å². The number of phenolic OH excluding ortho intramolecular Hbond substituents is 1. The number of aromatic hydroxyl groups is 1. The van der Waals surface area contributed by atoms with Crippen LogP contribution in [0.3, 0.4) is 0 Å². The largest absolute Gasteiger partial charge is 0.508 e. The predicted octanol–water partition coefficient (Wildman–Crippen LogP) is 2.93. The van der Waals surface area contributed by atoms with E-state index in [0.717, 1.165) is 28.0 Å². The number of phenols is 1. The molecule has 8 heteroatoms. The van der Waals surface area contributed by atoms with Crippen molar-refractivity contribution in [3.05, 3.63) is 41.7 Å². The summed E-state index contributed by atoms with van der Waals surface area (Å²) in [7, 11) is 7.14. The Kier molecular flexibility index (Phi) is 6.79. The SMILES string of the molecule is COc1cc2nc(C)nc(NCCNCc3c(O)cccc3N(C)C)c2cc1OC. The molecule has 30 heavy (non-hydrogen) atoms. The molecule has 0 radical (unpaired) electrons. The summed E-state index contributed by atoms with van der Waals surface area (Å²) in [5.41, 5.74) is 2.66. The Morgan fingerprint density at radius 2 is 1.77 bits per heavy atom. The van der Waals surface area contributed by atoms with Gasteiger partial charge in [0.2, 0.25) is 0 Å². The van der Waals surface area contributed by atoms with Gasteiger partial charge in [0.1, 0.15) is 17.4 Å². The second kappa shape index (κ2) is 9.49. The molecule has 0 spiro atoms. The van der Waals surface area contributed by atoms with E-state index >= 15 is 0 Å². The van der Waals surface area contributed by atoms with Crippen LogP contribution in [0.2, 0.25) is 0 Å². The van der Waals surface area contributed by atoms with Crippen molar-refractivity contribution in [2.45, 2.75) is 13.5 Å². The van der Waals surface area contributed by atoms with Crippen molar-refractivity contribution in [2.75, 3.05) is 51.6 Å². The molecule has 0 fully saturated rings. The maximum Gasteiger partial charge on any atom is 0.162 e. The van der Waals surface area contributed by atoms with Gasteiger partial charge in [0.15, 0.2) is 11.5 Å². The van der Waals surface area contributed by atoms with Gasteiger partial charge in [-0.15, -0.1) is 0 Å².